The van der Waals surface area contributed by atoms with Crippen molar-refractivity contribution in [1.82, 2.24) is 10.1 Å². The Morgan fingerprint density at radius 2 is 2.33 bits per heavy atom. The van der Waals surface area contributed by atoms with Gasteiger partial charge in [-0.3, -0.25) is 0 Å². The van der Waals surface area contributed by atoms with Crippen LogP contribution in [0.25, 0.3) is 6.08 Å². The first kappa shape index (κ1) is 9.82. The summed E-state index contributed by atoms with van der Waals surface area (Å²) in [7, 11) is 0. The Kier molecular flexibility index (Phi) is 2.26. The van der Waals surface area contributed by atoms with Crippen LogP contribution in [0.15, 0.2) is 10.6 Å². The number of aromatic nitrogens is 2. The second-order valence-electron chi connectivity index (χ2n) is 3.45. The highest BCUT2D eigenvalue weighted by Crippen LogP contribution is 2.43. The van der Waals surface area contributed by atoms with Crippen LogP contribution in [0.2, 0.25) is 0 Å². The summed E-state index contributed by atoms with van der Waals surface area (Å²) >= 11 is 0. The number of carboxylic acid groups (broad SMARTS) is 1. The highest BCUT2D eigenvalue weighted by molar-refractivity contribution is 5.84. The van der Waals surface area contributed by atoms with Crippen molar-refractivity contribution in [1.29, 1.82) is 0 Å². The van der Waals surface area contributed by atoms with Crippen LogP contribution in [0.4, 0.5) is 4.39 Å². The maximum atomic E-state index is 13.7. The molecule has 0 atom stereocenters. The molecule has 0 unspecified atom stereocenters. The largest absolute Gasteiger partial charge is 0.478 e. The molecule has 1 aromatic rings. The molecule has 1 aliphatic rings. The fourth-order valence-electron chi connectivity index (χ4n) is 1.34. The fourth-order valence-corrected chi connectivity index (χ4v) is 1.34. The van der Waals surface area contributed by atoms with Crippen molar-refractivity contribution in [3.05, 3.63) is 17.8 Å². The summed E-state index contributed by atoms with van der Waals surface area (Å²) in [5, 5.41) is 11.8. The number of aliphatic carboxylic acids is 1. The van der Waals surface area contributed by atoms with Gasteiger partial charge in [-0.15, -0.1) is 0 Å². The van der Waals surface area contributed by atoms with E-state index in [2.05, 4.69) is 14.7 Å². The first-order valence-electron chi connectivity index (χ1n) is 4.54. The smallest absolute Gasteiger partial charge is 0.328 e. The molecule has 1 N–H and O–H groups in total. The molecule has 0 spiro atoms. The summed E-state index contributed by atoms with van der Waals surface area (Å²) in [5.74, 6) is -1.09. The van der Waals surface area contributed by atoms with Gasteiger partial charge in [0.05, 0.1) is 0 Å². The minimum atomic E-state index is -1.47. The van der Waals surface area contributed by atoms with Crippen LogP contribution >= 0.6 is 0 Å². The van der Waals surface area contributed by atoms with Crippen LogP contribution in [0, 0.1) is 0 Å². The highest BCUT2D eigenvalue weighted by Gasteiger charge is 2.43. The van der Waals surface area contributed by atoms with Crippen LogP contribution in [0.5, 0.6) is 0 Å². The summed E-state index contributed by atoms with van der Waals surface area (Å²) in [5.41, 5.74) is -1.47. The number of hydrogen-bond acceptors (Lipinski definition) is 4. The highest BCUT2D eigenvalue weighted by atomic mass is 19.1. The van der Waals surface area contributed by atoms with Crippen molar-refractivity contribution in [2.45, 2.75) is 24.9 Å². The standard InChI is InChI=1S/C9H9FN2O3/c10-9(4-1-5-9)8-11-6(15-12-8)2-3-7(13)14/h2-3H,1,4-5H2,(H,13,14). The molecular formula is C9H9FN2O3. The van der Waals surface area contributed by atoms with Crippen molar-refractivity contribution in [2.75, 3.05) is 0 Å². The van der Waals surface area contributed by atoms with Crippen LogP contribution in [0.3, 0.4) is 0 Å². The summed E-state index contributed by atoms with van der Waals surface area (Å²) in [4.78, 5) is 14.0. The van der Waals surface area contributed by atoms with Gasteiger partial charge in [0.25, 0.3) is 5.89 Å². The lowest BCUT2D eigenvalue weighted by atomic mass is 9.81. The van der Waals surface area contributed by atoms with Crippen LogP contribution < -0.4 is 0 Å². The first-order valence-corrected chi connectivity index (χ1v) is 4.54. The molecule has 0 bridgehead atoms. The van der Waals surface area contributed by atoms with E-state index < -0.39 is 11.6 Å². The summed E-state index contributed by atoms with van der Waals surface area (Å²) in [6.45, 7) is 0. The van der Waals surface area contributed by atoms with Crippen molar-refractivity contribution in [3.63, 3.8) is 0 Å². The van der Waals surface area contributed by atoms with Gasteiger partial charge in [-0.2, -0.15) is 4.98 Å². The lowest BCUT2D eigenvalue weighted by molar-refractivity contribution is -0.131. The normalized spacial score (nSPS) is 19.0. The lowest BCUT2D eigenvalue weighted by Crippen LogP contribution is -2.30. The molecule has 1 heterocycles. The SMILES string of the molecule is O=C(O)C=Cc1nc(C2(F)CCC2)no1. The van der Waals surface area contributed by atoms with Crippen LogP contribution in [-0.4, -0.2) is 21.2 Å². The maximum absolute atomic E-state index is 13.7. The van der Waals surface area contributed by atoms with Gasteiger partial charge in [-0.25, -0.2) is 9.18 Å². The minimum absolute atomic E-state index is 0.0105. The predicted molar refractivity (Wildman–Crippen MR) is 47.6 cm³/mol. The maximum Gasteiger partial charge on any atom is 0.328 e. The van der Waals surface area contributed by atoms with E-state index in [1.807, 2.05) is 0 Å². The number of alkyl halides is 1. The van der Waals surface area contributed by atoms with E-state index in [4.69, 9.17) is 5.11 Å². The Morgan fingerprint density at radius 1 is 1.60 bits per heavy atom. The van der Waals surface area contributed by atoms with Crippen LogP contribution in [0.1, 0.15) is 31.0 Å². The molecule has 1 aliphatic carbocycles. The van der Waals surface area contributed by atoms with E-state index in [-0.39, 0.29) is 11.7 Å². The third-order valence-electron chi connectivity index (χ3n) is 2.36. The molecule has 1 fully saturated rings. The molecule has 80 valence electrons. The second-order valence-corrected chi connectivity index (χ2v) is 3.45. The molecule has 0 radical (unpaired) electrons. The molecular weight excluding hydrogens is 203 g/mol. The third-order valence-corrected chi connectivity index (χ3v) is 2.36. The van der Waals surface area contributed by atoms with Gasteiger partial charge in [0.1, 0.15) is 0 Å². The predicted octanol–water partition coefficient (Wildman–Crippen LogP) is 1.52. The second kappa shape index (κ2) is 3.45. The van der Waals surface area contributed by atoms with E-state index in [0.717, 1.165) is 18.6 Å². The molecule has 0 aliphatic heterocycles. The number of nitrogens with zero attached hydrogens (tertiary/aromatic N) is 2. The summed E-state index contributed by atoms with van der Waals surface area (Å²) in [6.07, 6.45) is 3.61. The average molecular weight is 212 g/mol. The van der Waals surface area contributed by atoms with Crippen LogP contribution in [-0.2, 0) is 10.5 Å². The average Bonchev–Trinajstić information content (AvgIpc) is 2.59. The Labute approximate surface area is 84.6 Å². The van der Waals surface area contributed by atoms with Gasteiger partial charge in [-0.1, -0.05) is 5.16 Å². The Hall–Kier alpha value is -1.72. The van der Waals surface area contributed by atoms with Crippen molar-refractivity contribution < 1.29 is 18.8 Å². The zero-order chi connectivity index (χ0) is 10.9. The van der Waals surface area contributed by atoms with Gasteiger partial charge in [-0.05, 0) is 19.3 Å². The molecule has 0 amide bonds. The quantitative estimate of drug-likeness (QED) is 0.768. The van der Waals surface area contributed by atoms with E-state index in [0.29, 0.717) is 12.8 Å². The number of carbonyl (C=O) groups is 1. The Balaban J connectivity index is 2.13. The number of hydrogen-bond donors (Lipinski definition) is 1. The molecule has 5 nitrogen and oxygen atoms in total. The molecule has 0 saturated heterocycles. The topological polar surface area (TPSA) is 76.2 Å². The van der Waals surface area contributed by atoms with Crippen molar-refractivity contribution >= 4 is 12.0 Å². The van der Waals surface area contributed by atoms with Gasteiger partial charge in [0, 0.05) is 12.2 Å². The van der Waals surface area contributed by atoms with Gasteiger partial charge in [0.2, 0.25) is 5.82 Å². The van der Waals surface area contributed by atoms with Crippen molar-refractivity contribution in [3.8, 4) is 0 Å². The molecule has 2 rings (SSSR count). The fraction of sp³-hybridized carbons (Fsp3) is 0.444. The zero-order valence-corrected chi connectivity index (χ0v) is 7.81. The zero-order valence-electron chi connectivity index (χ0n) is 7.81. The number of carboxylic acids is 1. The molecule has 6 heteroatoms. The van der Waals surface area contributed by atoms with E-state index in [1.54, 1.807) is 0 Å². The first-order chi connectivity index (χ1) is 7.10. The molecule has 1 aromatic heterocycles. The number of rotatable bonds is 3. The van der Waals surface area contributed by atoms with Crippen molar-refractivity contribution in [2.24, 2.45) is 0 Å². The van der Waals surface area contributed by atoms with E-state index >= 15 is 0 Å². The third kappa shape index (κ3) is 1.88. The lowest BCUT2D eigenvalue weighted by Gasteiger charge is -2.29. The van der Waals surface area contributed by atoms with Gasteiger partial charge >= 0.3 is 5.97 Å². The summed E-state index contributed by atoms with van der Waals surface area (Å²) < 4.78 is 18.4. The van der Waals surface area contributed by atoms with E-state index in [1.165, 1.54) is 0 Å². The van der Waals surface area contributed by atoms with Gasteiger partial charge in [0.15, 0.2) is 5.67 Å². The Bertz CT molecular complexity index is 409. The monoisotopic (exact) mass is 212 g/mol. The molecule has 0 aromatic carbocycles. The molecule has 15 heavy (non-hydrogen) atoms. The van der Waals surface area contributed by atoms with E-state index in [9.17, 15) is 9.18 Å². The minimum Gasteiger partial charge on any atom is -0.478 e. The van der Waals surface area contributed by atoms with Gasteiger partial charge < -0.3 is 9.63 Å². The number of halogens is 1. The Morgan fingerprint density at radius 3 is 2.87 bits per heavy atom. The summed E-state index contributed by atoms with van der Waals surface area (Å²) in [6, 6.07) is 0. The molecule has 1 saturated carbocycles.